The van der Waals surface area contributed by atoms with Crippen LogP contribution < -0.4 is 15.5 Å². The minimum absolute atomic E-state index is 0.376. The van der Waals surface area contributed by atoms with E-state index in [0.717, 1.165) is 64.7 Å². The quantitative estimate of drug-likeness (QED) is 0.427. The van der Waals surface area contributed by atoms with Crippen LogP contribution in [0.4, 0.5) is 5.69 Å². The van der Waals surface area contributed by atoms with E-state index in [1.807, 2.05) is 7.05 Å². The highest BCUT2D eigenvalue weighted by Crippen LogP contribution is 2.20. The summed E-state index contributed by atoms with van der Waals surface area (Å²) >= 11 is 0. The minimum Gasteiger partial charge on any atom is -0.381 e. The fourth-order valence-electron chi connectivity index (χ4n) is 3.84. The van der Waals surface area contributed by atoms with Crippen LogP contribution in [-0.2, 0) is 9.47 Å². The van der Waals surface area contributed by atoms with Crippen LogP contribution in [0.3, 0.4) is 0 Å². The van der Waals surface area contributed by atoms with Crippen molar-refractivity contribution in [2.45, 2.75) is 51.2 Å². The number of ether oxygens (including phenoxy) is 2. The lowest BCUT2D eigenvalue weighted by Gasteiger charge is -2.35. The van der Waals surface area contributed by atoms with Crippen molar-refractivity contribution in [2.75, 3.05) is 51.4 Å². The average molecular weight is 389 g/mol. The standard InChI is InChI=1S/C22H36N4O2/c1-18-6-8-20(9-7-18)26-13-3-5-19(17-26)25-22(23-2)24-12-4-14-28-21-10-15-27-16-11-21/h6-9,19,21H,3-5,10-17H2,1-2H3,(H2,23,24,25). The zero-order valence-electron chi connectivity index (χ0n) is 17.5. The van der Waals surface area contributed by atoms with Gasteiger partial charge in [0.15, 0.2) is 5.96 Å². The first-order chi connectivity index (χ1) is 13.7. The molecule has 156 valence electrons. The topological polar surface area (TPSA) is 58.1 Å². The van der Waals surface area contributed by atoms with Crippen LogP contribution in [0.1, 0.15) is 37.7 Å². The summed E-state index contributed by atoms with van der Waals surface area (Å²) in [5.41, 5.74) is 2.62. The molecule has 1 aromatic carbocycles. The predicted molar refractivity (Wildman–Crippen MR) is 115 cm³/mol. The van der Waals surface area contributed by atoms with Gasteiger partial charge in [0, 0.05) is 58.2 Å². The molecule has 2 aliphatic heterocycles. The maximum Gasteiger partial charge on any atom is 0.191 e. The molecule has 1 aromatic rings. The van der Waals surface area contributed by atoms with Gasteiger partial charge in [0.1, 0.15) is 0 Å². The van der Waals surface area contributed by atoms with Crippen molar-refractivity contribution in [3.8, 4) is 0 Å². The summed E-state index contributed by atoms with van der Waals surface area (Å²) in [7, 11) is 1.84. The first-order valence-corrected chi connectivity index (χ1v) is 10.7. The number of anilines is 1. The molecule has 2 fully saturated rings. The van der Waals surface area contributed by atoms with Crippen molar-refractivity contribution in [2.24, 2.45) is 4.99 Å². The molecule has 6 heteroatoms. The van der Waals surface area contributed by atoms with Gasteiger partial charge in [0.2, 0.25) is 0 Å². The molecule has 1 atom stereocenters. The van der Waals surface area contributed by atoms with Crippen molar-refractivity contribution >= 4 is 11.6 Å². The molecule has 0 radical (unpaired) electrons. The Bertz CT molecular complexity index is 599. The molecule has 3 rings (SSSR count). The zero-order chi connectivity index (χ0) is 19.6. The van der Waals surface area contributed by atoms with E-state index in [-0.39, 0.29) is 0 Å². The molecule has 2 N–H and O–H groups in total. The summed E-state index contributed by atoms with van der Waals surface area (Å²) < 4.78 is 11.3. The van der Waals surface area contributed by atoms with Crippen molar-refractivity contribution in [3.63, 3.8) is 0 Å². The molecule has 0 saturated carbocycles. The van der Waals surface area contributed by atoms with E-state index < -0.39 is 0 Å². The van der Waals surface area contributed by atoms with Crippen LogP contribution >= 0.6 is 0 Å². The van der Waals surface area contributed by atoms with Gasteiger partial charge < -0.3 is 25.0 Å². The fraction of sp³-hybridized carbons (Fsp3) is 0.682. The van der Waals surface area contributed by atoms with E-state index in [1.165, 1.54) is 24.1 Å². The Morgan fingerprint density at radius 1 is 1.21 bits per heavy atom. The van der Waals surface area contributed by atoms with Crippen LogP contribution in [-0.4, -0.2) is 64.6 Å². The van der Waals surface area contributed by atoms with Crippen molar-refractivity contribution in [3.05, 3.63) is 29.8 Å². The number of piperidine rings is 1. The van der Waals surface area contributed by atoms with Crippen molar-refractivity contribution < 1.29 is 9.47 Å². The lowest BCUT2D eigenvalue weighted by Crippen LogP contribution is -2.51. The van der Waals surface area contributed by atoms with E-state index in [0.29, 0.717) is 12.1 Å². The molecule has 2 aliphatic rings. The summed E-state index contributed by atoms with van der Waals surface area (Å²) in [6, 6.07) is 9.25. The molecule has 0 bridgehead atoms. The third-order valence-electron chi connectivity index (χ3n) is 5.52. The molecular weight excluding hydrogens is 352 g/mol. The smallest absolute Gasteiger partial charge is 0.191 e. The van der Waals surface area contributed by atoms with Gasteiger partial charge in [0.05, 0.1) is 6.10 Å². The first kappa shape index (κ1) is 20.9. The number of hydrogen-bond acceptors (Lipinski definition) is 4. The Balaban J connectivity index is 1.36. The number of aryl methyl sites for hydroxylation is 1. The van der Waals surface area contributed by atoms with Gasteiger partial charge in [-0.1, -0.05) is 17.7 Å². The SMILES string of the molecule is CN=C(NCCCOC1CCOCC1)NC1CCCN(c2ccc(C)cc2)C1. The maximum absolute atomic E-state index is 5.93. The van der Waals surface area contributed by atoms with Gasteiger partial charge in [-0.25, -0.2) is 0 Å². The summed E-state index contributed by atoms with van der Waals surface area (Å²) in [4.78, 5) is 6.87. The van der Waals surface area contributed by atoms with E-state index in [4.69, 9.17) is 9.47 Å². The minimum atomic E-state index is 0.376. The van der Waals surface area contributed by atoms with Crippen LogP contribution in [0.15, 0.2) is 29.3 Å². The molecule has 0 aliphatic carbocycles. The number of aliphatic imine (C=N–C) groups is 1. The van der Waals surface area contributed by atoms with Crippen molar-refractivity contribution in [1.82, 2.24) is 10.6 Å². The number of benzene rings is 1. The number of nitrogens with zero attached hydrogens (tertiary/aromatic N) is 2. The highest BCUT2D eigenvalue weighted by molar-refractivity contribution is 5.80. The third-order valence-corrected chi connectivity index (χ3v) is 5.52. The monoisotopic (exact) mass is 388 g/mol. The van der Waals surface area contributed by atoms with E-state index in [9.17, 15) is 0 Å². The van der Waals surface area contributed by atoms with Gasteiger partial charge in [-0.2, -0.15) is 0 Å². The second-order valence-electron chi connectivity index (χ2n) is 7.80. The van der Waals surface area contributed by atoms with Gasteiger partial charge in [0.25, 0.3) is 0 Å². The van der Waals surface area contributed by atoms with Crippen LogP contribution in [0.2, 0.25) is 0 Å². The Kier molecular flexibility index (Phi) is 8.42. The Morgan fingerprint density at radius 2 is 2.00 bits per heavy atom. The van der Waals surface area contributed by atoms with Gasteiger partial charge in [-0.05, 0) is 51.2 Å². The Labute approximate surface area is 169 Å². The summed E-state index contributed by atoms with van der Waals surface area (Å²) in [5.74, 6) is 0.891. The van der Waals surface area contributed by atoms with Crippen molar-refractivity contribution in [1.29, 1.82) is 0 Å². The molecular formula is C22H36N4O2. The predicted octanol–water partition coefficient (Wildman–Crippen LogP) is 2.71. The fourth-order valence-corrected chi connectivity index (χ4v) is 3.84. The van der Waals surface area contributed by atoms with Gasteiger partial charge >= 0.3 is 0 Å². The number of guanidine groups is 1. The highest BCUT2D eigenvalue weighted by Gasteiger charge is 2.21. The zero-order valence-corrected chi connectivity index (χ0v) is 17.5. The van der Waals surface area contributed by atoms with Crippen LogP contribution in [0, 0.1) is 6.92 Å². The number of hydrogen-bond donors (Lipinski definition) is 2. The lowest BCUT2D eigenvalue weighted by atomic mass is 10.0. The Morgan fingerprint density at radius 3 is 2.75 bits per heavy atom. The summed E-state index contributed by atoms with van der Waals surface area (Å²) in [5, 5.41) is 7.03. The van der Waals surface area contributed by atoms with E-state index in [2.05, 4.69) is 51.7 Å². The Hall–Kier alpha value is -1.79. The molecule has 28 heavy (non-hydrogen) atoms. The first-order valence-electron chi connectivity index (χ1n) is 10.7. The highest BCUT2D eigenvalue weighted by atomic mass is 16.5. The van der Waals surface area contributed by atoms with Gasteiger partial charge in [-0.15, -0.1) is 0 Å². The van der Waals surface area contributed by atoms with Crippen LogP contribution in [0.25, 0.3) is 0 Å². The van der Waals surface area contributed by atoms with Crippen LogP contribution in [0.5, 0.6) is 0 Å². The number of nitrogens with one attached hydrogen (secondary N) is 2. The van der Waals surface area contributed by atoms with E-state index in [1.54, 1.807) is 0 Å². The molecule has 1 unspecified atom stereocenters. The van der Waals surface area contributed by atoms with Gasteiger partial charge in [-0.3, -0.25) is 4.99 Å². The normalized spacial score (nSPS) is 21.6. The second kappa shape index (κ2) is 11.3. The molecule has 0 amide bonds. The lowest BCUT2D eigenvalue weighted by molar-refractivity contribution is -0.0320. The molecule has 2 heterocycles. The second-order valence-corrected chi connectivity index (χ2v) is 7.80. The largest absolute Gasteiger partial charge is 0.381 e. The summed E-state index contributed by atoms with van der Waals surface area (Å²) in [6.45, 7) is 7.60. The third kappa shape index (κ3) is 6.67. The van der Waals surface area contributed by atoms with E-state index >= 15 is 0 Å². The molecule has 2 saturated heterocycles. The number of rotatable bonds is 7. The average Bonchev–Trinajstić information content (AvgIpc) is 2.74. The summed E-state index contributed by atoms with van der Waals surface area (Å²) in [6.07, 6.45) is 5.78. The molecule has 6 nitrogen and oxygen atoms in total. The molecule has 0 spiro atoms. The molecule has 0 aromatic heterocycles. The maximum atomic E-state index is 5.93.